The van der Waals surface area contributed by atoms with Crippen molar-refractivity contribution in [1.82, 2.24) is 0 Å². The van der Waals surface area contributed by atoms with Crippen LogP contribution in [-0.2, 0) is 5.41 Å². The number of aliphatic hydroxyl groups is 2. The molecule has 0 radical (unpaired) electrons. The van der Waals surface area contributed by atoms with Crippen LogP contribution >= 0.6 is 0 Å². The van der Waals surface area contributed by atoms with E-state index in [1.165, 1.54) is 31.2 Å². The highest BCUT2D eigenvalue weighted by atomic mass is 16.5. The highest BCUT2D eigenvalue weighted by molar-refractivity contribution is 5.45. The van der Waals surface area contributed by atoms with Crippen LogP contribution in [0.2, 0.25) is 0 Å². The minimum absolute atomic E-state index is 0.101. The van der Waals surface area contributed by atoms with Crippen molar-refractivity contribution in [3.05, 3.63) is 29.3 Å². The molecule has 0 saturated carbocycles. The first-order valence-electron chi connectivity index (χ1n) is 10.3. The van der Waals surface area contributed by atoms with E-state index < -0.39 is 17.8 Å². The summed E-state index contributed by atoms with van der Waals surface area (Å²) < 4.78 is 6.19. The molecule has 2 N–H and O–H groups in total. The Balaban J connectivity index is 2.28. The Labute approximate surface area is 159 Å². The maximum Gasteiger partial charge on any atom is 0.130 e. The van der Waals surface area contributed by atoms with Gasteiger partial charge in [0.15, 0.2) is 0 Å². The van der Waals surface area contributed by atoms with Gasteiger partial charge >= 0.3 is 0 Å². The van der Waals surface area contributed by atoms with E-state index >= 15 is 0 Å². The van der Waals surface area contributed by atoms with Crippen molar-refractivity contribution in [3.8, 4) is 5.75 Å². The number of ether oxygens (including phenoxy) is 1. The number of hydrogen-bond donors (Lipinski definition) is 2. The summed E-state index contributed by atoms with van der Waals surface area (Å²) >= 11 is 0. The van der Waals surface area contributed by atoms with Crippen LogP contribution in [0.4, 0.5) is 0 Å². The Morgan fingerprint density at radius 1 is 1.19 bits per heavy atom. The van der Waals surface area contributed by atoms with Crippen molar-refractivity contribution in [2.45, 2.75) is 109 Å². The zero-order valence-corrected chi connectivity index (χ0v) is 17.5. The predicted molar refractivity (Wildman–Crippen MR) is 108 cm³/mol. The summed E-state index contributed by atoms with van der Waals surface area (Å²) in [4.78, 5) is 0. The lowest BCUT2D eigenvalue weighted by molar-refractivity contribution is -0.0649. The Morgan fingerprint density at radius 2 is 1.88 bits per heavy atom. The number of benzene rings is 1. The fraction of sp³-hybridized carbons (Fsp3) is 0.739. The molecule has 1 aliphatic heterocycles. The average molecular weight is 363 g/mol. The van der Waals surface area contributed by atoms with Crippen molar-refractivity contribution in [3.63, 3.8) is 0 Å². The topological polar surface area (TPSA) is 49.7 Å². The molecule has 0 spiro atoms. The lowest BCUT2D eigenvalue weighted by Crippen LogP contribution is -2.49. The van der Waals surface area contributed by atoms with Crippen LogP contribution in [0.25, 0.3) is 0 Å². The van der Waals surface area contributed by atoms with Gasteiger partial charge in [-0.2, -0.15) is 0 Å². The van der Waals surface area contributed by atoms with Gasteiger partial charge in [-0.05, 0) is 50.7 Å². The van der Waals surface area contributed by atoms with Gasteiger partial charge in [-0.3, -0.25) is 0 Å². The molecule has 1 aliphatic rings. The van der Waals surface area contributed by atoms with E-state index in [4.69, 9.17) is 4.74 Å². The second-order valence-electron chi connectivity index (χ2n) is 9.29. The van der Waals surface area contributed by atoms with Crippen LogP contribution in [0.3, 0.4) is 0 Å². The molecule has 26 heavy (non-hydrogen) atoms. The lowest BCUT2D eigenvalue weighted by atomic mass is 9.75. The standard InChI is InChI=1S/C23H38O3/c1-7-8-9-10-13-22(3,4)17-11-12-18-19(14-16(2)24)21(25)23(5,6)26-20(18)15-17/h11-12,15-16,19,21,24-25H,7-10,13-14H2,1-6H3. The highest BCUT2D eigenvalue weighted by Crippen LogP contribution is 2.45. The molecule has 1 heterocycles. The SMILES string of the molecule is CCCCCCC(C)(C)c1ccc2c(c1)OC(C)(C)C(O)C2CC(C)O. The van der Waals surface area contributed by atoms with Gasteiger partial charge in [0.25, 0.3) is 0 Å². The molecule has 0 fully saturated rings. The van der Waals surface area contributed by atoms with Gasteiger partial charge in [0, 0.05) is 11.5 Å². The van der Waals surface area contributed by atoms with Gasteiger partial charge < -0.3 is 14.9 Å². The van der Waals surface area contributed by atoms with Crippen LogP contribution < -0.4 is 4.74 Å². The second kappa shape index (κ2) is 8.31. The molecular weight excluding hydrogens is 324 g/mol. The minimum atomic E-state index is -0.656. The van der Waals surface area contributed by atoms with Crippen molar-refractivity contribution < 1.29 is 14.9 Å². The van der Waals surface area contributed by atoms with Gasteiger partial charge in [-0.25, -0.2) is 0 Å². The average Bonchev–Trinajstić information content (AvgIpc) is 2.54. The molecule has 0 aromatic heterocycles. The molecule has 0 bridgehead atoms. The molecule has 3 nitrogen and oxygen atoms in total. The maximum absolute atomic E-state index is 10.8. The van der Waals surface area contributed by atoms with Gasteiger partial charge in [-0.15, -0.1) is 0 Å². The van der Waals surface area contributed by atoms with E-state index in [9.17, 15) is 10.2 Å². The molecule has 0 amide bonds. The zero-order valence-electron chi connectivity index (χ0n) is 17.5. The second-order valence-corrected chi connectivity index (χ2v) is 9.29. The zero-order chi connectivity index (χ0) is 19.5. The molecule has 148 valence electrons. The van der Waals surface area contributed by atoms with Crippen LogP contribution in [0, 0.1) is 0 Å². The molecular formula is C23H38O3. The predicted octanol–water partition coefficient (Wildman–Crippen LogP) is 5.32. The summed E-state index contributed by atoms with van der Waals surface area (Å²) in [6, 6.07) is 6.45. The van der Waals surface area contributed by atoms with E-state index in [0.29, 0.717) is 6.42 Å². The smallest absolute Gasteiger partial charge is 0.130 e. The molecule has 0 saturated heterocycles. The molecule has 1 aromatic carbocycles. The van der Waals surface area contributed by atoms with E-state index in [2.05, 4.69) is 39.0 Å². The summed E-state index contributed by atoms with van der Waals surface area (Å²) in [7, 11) is 0. The van der Waals surface area contributed by atoms with Crippen LogP contribution in [0.1, 0.15) is 97.1 Å². The fourth-order valence-electron chi connectivity index (χ4n) is 4.11. The van der Waals surface area contributed by atoms with Crippen molar-refractivity contribution in [2.75, 3.05) is 0 Å². The summed E-state index contributed by atoms with van der Waals surface area (Å²) in [6.45, 7) is 12.5. The monoisotopic (exact) mass is 362 g/mol. The number of hydrogen-bond acceptors (Lipinski definition) is 3. The van der Waals surface area contributed by atoms with E-state index in [0.717, 1.165) is 17.7 Å². The minimum Gasteiger partial charge on any atom is -0.485 e. The molecule has 2 rings (SSSR count). The summed E-state index contributed by atoms with van der Waals surface area (Å²) in [5.41, 5.74) is 1.75. The first-order chi connectivity index (χ1) is 12.1. The van der Waals surface area contributed by atoms with Crippen molar-refractivity contribution in [2.24, 2.45) is 0 Å². The van der Waals surface area contributed by atoms with Crippen molar-refractivity contribution >= 4 is 0 Å². The van der Waals surface area contributed by atoms with E-state index in [1.807, 2.05) is 13.8 Å². The summed E-state index contributed by atoms with van der Waals surface area (Å²) in [5.74, 6) is 0.764. The molecule has 0 aliphatic carbocycles. The number of rotatable bonds is 8. The lowest BCUT2D eigenvalue weighted by Gasteiger charge is -2.43. The molecule has 3 atom stereocenters. The quantitative estimate of drug-likeness (QED) is 0.615. The third kappa shape index (κ3) is 4.80. The third-order valence-electron chi connectivity index (χ3n) is 5.91. The highest BCUT2D eigenvalue weighted by Gasteiger charge is 2.43. The van der Waals surface area contributed by atoms with Gasteiger partial charge in [0.1, 0.15) is 17.5 Å². The normalized spacial score (nSPS) is 23.2. The van der Waals surface area contributed by atoms with Gasteiger partial charge in [0.05, 0.1) is 6.10 Å². The Morgan fingerprint density at radius 3 is 2.50 bits per heavy atom. The van der Waals surface area contributed by atoms with Crippen molar-refractivity contribution in [1.29, 1.82) is 0 Å². The van der Waals surface area contributed by atoms with Gasteiger partial charge in [0.2, 0.25) is 0 Å². The van der Waals surface area contributed by atoms with Gasteiger partial charge in [-0.1, -0.05) is 58.6 Å². The largest absolute Gasteiger partial charge is 0.485 e. The Bertz CT molecular complexity index is 589. The summed E-state index contributed by atoms with van der Waals surface area (Å²) in [6.07, 6.45) is 5.72. The van der Waals surface area contributed by atoms with Crippen LogP contribution in [0.15, 0.2) is 18.2 Å². The molecule has 3 unspecified atom stereocenters. The first kappa shape index (κ1) is 21.2. The fourth-order valence-corrected chi connectivity index (χ4v) is 4.11. The molecule has 1 aromatic rings. The maximum atomic E-state index is 10.8. The number of fused-ring (bicyclic) bond motifs is 1. The number of aliphatic hydroxyl groups excluding tert-OH is 2. The Kier molecular flexibility index (Phi) is 6.79. The molecule has 3 heteroatoms. The van der Waals surface area contributed by atoms with Crippen LogP contribution in [0.5, 0.6) is 5.75 Å². The van der Waals surface area contributed by atoms with E-state index in [-0.39, 0.29) is 11.3 Å². The third-order valence-corrected chi connectivity index (χ3v) is 5.91. The van der Waals surface area contributed by atoms with Crippen LogP contribution in [-0.4, -0.2) is 28.0 Å². The Hall–Kier alpha value is -1.06. The van der Waals surface area contributed by atoms with E-state index in [1.54, 1.807) is 6.92 Å². The summed E-state index contributed by atoms with van der Waals surface area (Å²) in [5, 5.41) is 20.6. The number of unbranched alkanes of at least 4 members (excludes halogenated alkanes) is 3. The first-order valence-corrected chi connectivity index (χ1v) is 10.3.